The van der Waals surface area contributed by atoms with Crippen molar-refractivity contribution in [1.29, 1.82) is 5.26 Å². The second-order valence-corrected chi connectivity index (χ2v) is 6.98. The maximum Gasteiger partial charge on any atom is 0.0683 e. The van der Waals surface area contributed by atoms with Gasteiger partial charge in [0, 0.05) is 30.4 Å². The molecule has 1 heterocycles. The summed E-state index contributed by atoms with van der Waals surface area (Å²) in [6.07, 6.45) is 5.76. The highest BCUT2D eigenvalue weighted by atomic mass is 15.3. The molecular weight excluding hydrogens is 260 g/mol. The van der Waals surface area contributed by atoms with Crippen LogP contribution in [0.5, 0.6) is 0 Å². The molecule has 1 aliphatic rings. The molecule has 0 radical (unpaired) electrons. The molecule has 0 spiro atoms. The molecule has 4 heteroatoms. The Balaban J connectivity index is 1.83. The number of unbranched alkanes of at least 4 members (excludes halogenated alkanes) is 1. The fourth-order valence-corrected chi connectivity index (χ4v) is 2.63. The lowest BCUT2D eigenvalue weighted by Gasteiger charge is -2.14. The van der Waals surface area contributed by atoms with Crippen molar-refractivity contribution in [2.24, 2.45) is 5.41 Å². The highest BCUT2D eigenvalue weighted by Crippen LogP contribution is 2.23. The van der Waals surface area contributed by atoms with E-state index in [9.17, 15) is 0 Å². The minimum Gasteiger partial charge on any atom is -0.310 e. The molecule has 1 fully saturated rings. The number of aromatic nitrogens is 2. The molecule has 0 bridgehead atoms. The van der Waals surface area contributed by atoms with Gasteiger partial charge < -0.3 is 5.32 Å². The van der Waals surface area contributed by atoms with E-state index in [0.29, 0.717) is 0 Å². The number of rotatable bonds is 8. The Labute approximate surface area is 128 Å². The topological polar surface area (TPSA) is 53.6 Å². The van der Waals surface area contributed by atoms with Gasteiger partial charge in [0.1, 0.15) is 0 Å². The van der Waals surface area contributed by atoms with E-state index >= 15 is 0 Å². The van der Waals surface area contributed by atoms with Gasteiger partial charge in [0.25, 0.3) is 0 Å². The summed E-state index contributed by atoms with van der Waals surface area (Å²) >= 11 is 0. The number of aryl methyl sites for hydroxylation is 2. The van der Waals surface area contributed by atoms with E-state index in [1.54, 1.807) is 0 Å². The summed E-state index contributed by atoms with van der Waals surface area (Å²) in [6.45, 7) is 10.2. The van der Waals surface area contributed by atoms with Crippen molar-refractivity contribution in [2.75, 3.05) is 0 Å². The van der Waals surface area contributed by atoms with Crippen molar-refractivity contribution < 1.29 is 0 Å². The lowest BCUT2D eigenvalue weighted by atomic mass is 9.89. The third kappa shape index (κ3) is 4.57. The van der Waals surface area contributed by atoms with Gasteiger partial charge in [0.2, 0.25) is 0 Å². The zero-order valence-electron chi connectivity index (χ0n) is 13.9. The monoisotopic (exact) mass is 288 g/mol. The largest absolute Gasteiger partial charge is 0.310 e. The second-order valence-electron chi connectivity index (χ2n) is 6.98. The van der Waals surface area contributed by atoms with Crippen molar-refractivity contribution in [2.45, 2.75) is 78.9 Å². The highest BCUT2D eigenvalue weighted by Gasteiger charge is 2.21. The van der Waals surface area contributed by atoms with E-state index in [2.05, 4.69) is 35.0 Å². The van der Waals surface area contributed by atoms with Crippen LogP contribution in [0.15, 0.2) is 0 Å². The molecule has 1 saturated carbocycles. The molecule has 0 unspecified atom stereocenters. The standard InChI is InChI=1S/C17H28N4/c1-13-16(11-19-15-7-8-15)14(2)21(20-13)10-6-5-9-17(3,4)12-18/h15,19H,5-11H2,1-4H3. The van der Waals surface area contributed by atoms with Crippen molar-refractivity contribution in [3.63, 3.8) is 0 Å². The second kappa shape index (κ2) is 6.62. The molecule has 0 aliphatic heterocycles. The van der Waals surface area contributed by atoms with Crippen LogP contribution in [0.1, 0.15) is 62.9 Å². The van der Waals surface area contributed by atoms with Gasteiger partial charge in [0.05, 0.1) is 17.2 Å². The minimum atomic E-state index is -0.200. The average molecular weight is 288 g/mol. The smallest absolute Gasteiger partial charge is 0.0683 e. The normalized spacial score (nSPS) is 15.2. The van der Waals surface area contributed by atoms with E-state index in [1.165, 1.54) is 24.1 Å². The SMILES string of the molecule is Cc1nn(CCCCC(C)(C)C#N)c(C)c1CNC1CC1. The molecule has 0 atom stereocenters. The predicted molar refractivity (Wildman–Crippen MR) is 84.8 cm³/mol. The van der Waals surface area contributed by atoms with Crippen LogP contribution in [0.25, 0.3) is 0 Å². The Kier molecular flexibility index (Phi) is 5.05. The summed E-state index contributed by atoms with van der Waals surface area (Å²) in [5.41, 5.74) is 3.60. The first-order valence-electron chi connectivity index (χ1n) is 8.10. The third-order valence-corrected chi connectivity index (χ3v) is 4.40. The zero-order chi connectivity index (χ0) is 15.5. The Morgan fingerprint density at radius 3 is 2.67 bits per heavy atom. The number of nitriles is 1. The molecule has 21 heavy (non-hydrogen) atoms. The van der Waals surface area contributed by atoms with Gasteiger partial charge in [-0.05, 0) is 53.4 Å². The molecule has 1 N–H and O–H groups in total. The van der Waals surface area contributed by atoms with Gasteiger partial charge in [-0.1, -0.05) is 6.42 Å². The molecule has 4 nitrogen and oxygen atoms in total. The van der Waals surface area contributed by atoms with E-state index in [4.69, 9.17) is 5.26 Å². The molecule has 0 aromatic carbocycles. The number of hydrogen-bond acceptors (Lipinski definition) is 3. The summed E-state index contributed by atoms with van der Waals surface area (Å²) in [7, 11) is 0. The van der Waals surface area contributed by atoms with Crippen LogP contribution in [-0.4, -0.2) is 15.8 Å². The molecule has 1 aromatic rings. The van der Waals surface area contributed by atoms with Gasteiger partial charge >= 0.3 is 0 Å². The van der Waals surface area contributed by atoms with Crippen LogP contribution >= 0.6 is 0 Å². The third-order valence-electron chi connectivity index (χ3n) is 4.40. The zero-order valence-corrected chi connectivity index (χ0v) is 13.9. The molecule has 1 aromatic heterocycles. The van der Waals surface area contributed by atoms with Gasteiger partial charge in [-0.2, -0.15) is 10.4 Å². The Morgan fingerprint density at radius 1 is 1.33 bits per heavy atom. The lowest BCUT2D eigenvalue weighted by molar-refractivity contribution is 0.410. The van der Waals surface area contributed by atoms with Crippen molar-refractivity contribution in [1.82, 2.24) is 15.1 Å². The number of hydrogen-bond donors (Lipinski definition) is 1. The van der Waals surface area contributed by atoms with Gasteiger partial charge in [0.15, 0.2) is 0 Å². The minimum absolute atomic E-state index is 0.200. The maximum absolute atomic E-state index is 9.03. The summed E-state index contributed by atoms with van der Waals surface area (Å²) in [6, 6.07) is 3.10. The Bertz CT molecular complexity index is 518. The first-order chi connectivity index (χ1) is 9.93. The quantitative estimate of drug-likeness (QED) is 0.745. The molecule has 2 rings (SSSR count). The molecule has 0 amide bonds. The number of nitrogens with one attached hydrogen (secondary N) is 1. The molecule has 0 saturated heterocycles. The van der Waals surface area contributed by atoms with Crippen LogP contribution in [0.2, 0.25) is 0 Å². The summed E-state index contributed by atoms with van der Waals surface area (Å²) in [4.78, 5) is 0. The summed E-state index contributed by atoms with van der Waals surface area (Å²) in [5.74, 6) is 0. The van der Waals surface area contributed by atoms with Gasteiger partial charge in [-0.3, -0.25) is 4.68 Å². The van der Waals surface area contributed by atoms with E-state index in [-0.39, 0.29) is 5.41 Å². The first-order valence-corrected chi connectivity index (χ1v) is 8.10. The molecular formula is C17H28N4. The fraction of sp³-hybridized carbons (Fsp3) is 0.765. The van der Waals surface area contributed by atoms with Crippen molar-refractivity contribution in [3.8, 4) is 6.07 Å². The Morgan fingerprint density at radius 2 is 2.05 bits per heavy atom. The highest BCUT2D eigenvalue weighted by molar-refractivity contribution is 5.24. The van der Waals surface area contributed by atoms with Crippen LogP contribution < -0.4 is 5.32 Å². The van der Waals surface area contributed by atoms with Crippen LogP contribution in [-0.2, 0) is 13.1 Å². The maximum atomic E-state index is 9.03. The van der Waals surface area contributed by atoms with E-state index in [1.807, 2.05) is 13.8 Å². The van der Waals surface area contributed by atoms with E-state index < -0.39 is 0 Å². The van der Waals surface area contributed by atoms with Crippen LogP contribution in [0.3, 0.4) is 0 Å². The van der Waals surface area contributed by atoms with Crippen molar-refractivity contribution in [3.05, 3.63) is 17.0 Å². The summed E-state index contributed by atoms with van der Waals surface area (Å²) < 4.78 is 2.14. The Hall–Kier alpha value is -1.34. The van der Waals surface area contributed by atoms with Gasteiger partial charge in [-0.25, -0.2) is 0 Å². The van der Waals surface area contributed by atoms with E-state index in [0.717, 1.165) is 44.1 Å². The van der Waals surface area contributed by atoms with Crippen molar-refractivity contribution >= 4 is 0 Å². The lowest BCUT2D eigenvalue weighted by Crippen LogP contribution is -2.16. The average Bonchev–Trinajstić information content (AvgIpc) is 3.22. The molecule has 1 aliphatic carbocycles. The van der Waals surface area contributed by atoms with Gasteiger partial charge in [-0.15, -0.1) is 0 Å². The summed E-state index contributed by atoms with van der Waals surface area (Å²) in [5, 5.41) is 17.3. The van der Waals surface area contributed by atoms with Crippen LogP contribution in [0.4, 0.5) is 0 Å². The number of nitrogens with zero attached hydrogens (tertiary/aromatic N) is 3. The molecule has 116 valence electrons. The fourth-order valence-electron chi connectivity index (χ4n) is 2.63. The van der Waals surface area contributed by atoms with Crippen LogP contribution in [0, 0.1) is 30.6 Å². The predicted octanol–water partition coefficient (Wildman–Crippen LogP) is 3.47. The first kappa shape index (κ1) is 16.0.